The second kappa shape index (κ2) is 11.6. The number of aliphatic imine (C=N–C) groups is 1. The van der Waals surface area contributed by atoms with E-state index < -0.39 is 0 Å². The van der Waals surface area contributed by atoms with Crippen LogP contribution in [0.5, 0.6) is 0 Å². The number of benzene rings is 1. The molecular formula is C17H28IN3O2. The smallest absolute Gasteiger partial charge is 0.190 e. The Bertz CT molecular complexity index is 483. The van der Waals surface area contributed by atoms with Crippen LogP contribution in [0.2, 0.25) is 0 Å². The highest BCUT2D eigenvalue weighted by molar-refractivity contribution is 14.0. The van der Waals surface area contributed by atoms with Crippen LogP contribution < -0.4 is 10.6 Å². The number of fused-ring (bicyclic) bond motifs is 1. The number of nitrogens with zero attached hydrogens (tertiary/aromatic N) is 1. The Morgan fingerprint density at radius 3 is 2.78 bits per heavy atom. The third-order valence-corrected chi connectivity index (χ3v) is 3.89. The largest absolute Gasteiger partial charge is 0.382 e. The Labute approximate surface area is 156 Å². The molecule has 0 aromatic heterocycles. The molecule has 5 nitrogen and oxygen atoms in total. The number of guanidine groups is 1. The Morgan fingerprint density at radius 1 is 1.22 bits per heavy atom. The minimum atomic E-state index is 0. The molecule has 1 aromatic carbocycles. The minimum Gasteiger partial charge on any atom is -0.382 e. The van der Waals surface area contributed by atoms with Gasteiger partial charge in [0, 0.05) is 39.8 Å². The fourth-order valence-corrected chi connectivity index (χ4v) is 2.61. The molecule has 1 aliphatic rings. The molecule has 1 unspecified atom stereocenters. The molecule has 1 aliphatic carbocycles. The number of hydrogen-bond acceptors (Lipinski definition) is 3. The molecule has 0 saturated carbocycles. The van der Waals surface area contributed by atoms with E-state index in [1.807, 2.05) is 0 Å². The number of methoxy groups -OCH3 is 1. The van der Waals surface area contributed by atoms with E-state index in [0.29, 0.717) is 19.1 Å². The fourth-order valence-electron chi connectivity index (χ4n) is 2.61. The molecule has 0 saturated heterocycles. The summed E-state index contributed by atoms with van der Waals surface area (Å²) in [6, 6.07) is 8.65. The van der Waals surface area contributed by atoms with Gasteiger partial charge in [0.2, 0.25) is 0 Å². The van der Waals surface area contributed by atoms with E-state index in [1.165, 1.54) is 11.1 Å². The van der Waals surface area contributed by atoms with E-state index in [1.54, 1.807) is 14.2 Å². The lowest BCUT2D eigenvalue weighted by atomic mass is 9.78. The van der Waals surface area contributed by atoms with Gasteiger partial charge in [-0.2, -0.15) is 0 Å². The zero-order valence-electron chi connectivity index (χ0n) is 14.0. The number of ether oxygens (including phenoxy) is 2. The van der Waals surface area contributed by atoms with Gasteiger partial charge < -0.3 is 20.1 Å². The van der Waals surface area contributed by atoms with Gasteiger partial charge >= 0.3 is 0 Å². The average Bonchev–Trinajstić information content (AvgIpc) is 2.53. The molecule has 0 bridgehead atoms. The summed E-state index contributed by atoms with van der Waals surface area (Å²) in [5.41, 5.74) is 2.95. The summed E-state index contributed by atoms with van der Waals surface area (Å²) in [5, 5.41) is 6.72. The van der Waals surface area contributed by atoms with Crippen LogP contribution in [0.4, 0.5) is 0 Å². The van der Waals surface area contributed by atoms with Crippen LogP contribution in [-0.2, 0) is 15.9 Å². The average molecular weight is 433 g/mol. The summed E-state index contributed by atoms with van der Waals surface area (Å²) < 4.78 is 10.4. The van der Waals surface area contributed by atoms with E-state index in [2.05, 4.69) is 39.9 Å². The minimum absolute atomic E-state index is 0. The summed E-state index contributed by atoms with van der Waals surface area (Å²) >= 11 is 0. The summed E-state index contributed by atoms with van der Waals surface area (Å²) in [4.78, 5) is 4.26. The fraction of sp³-hybridized carbons (Fsp3) is 0.588. The topological polar surface area (TPSA) is 54.9 Å². The maximum Gasteiger partial charge on any atom is 0.190 e. The molecule has 2 rings (SSSR count). The van der Waals surface area contributed by atoms with Gasteiger partial charge in [0.25, 0.3) is 0 Å². The molecule has 6 heteroatoms. The lowest BCUT2D eigenvalue weighted by Gasteiger charge is -2.30. The van der Waals surface area contributed by atoms with E-state index in [4.69, 9.17) is 9.47 Å². The van der Waals surface area contributed by atoms with E-state index >= 15 is 0 Å². The predicted molar refractivity (Wildman–Crippen MR) is 105 cm³/mol. The van der Waals surface area contributed by atoms with Crippen molar-refractivity contribution in [3.05, 3.63) is 35.4 Å². The normalized spacial score (nSPS) is 16.1. The Hall–Kier alpha value is -0.860. The second-order valence-corrected chi connectivity index (χ2v) is 5.44. The molecule has 0 spiro atoms. The molecule has 0 aliphatic heterocycles. The number of halogens is 1. The summed E-state index contributed by atoms with van der Waals surface area (Å²) in [5.74, 6) is 1.47. The lowest BCUT2D eigenvalue weighted by molar-refractivity contribution is 0.0698. The number of nitrogens with one attached hydrogen (secondary N) is 2. The van der Waals surface area contributed by atoms with Crippen molar-refractivity contribution in [2.24, 2.45) is 4.99 Å². The summed E-state index contributed by atoms with van der Waals surface area (Å²) in [6.07, 6.45) is 2.12. The van der Waals surface area contributed by atoms with Crippen molar-refractivity contribution in [1.29, 1.82) is 0 Å². The van der Waals surface area contributed by atoms with Crippen molar-refractivity contribution in [1.82, 2.24) is 10.6 Å². The van der Waals surface area contributed by atoms with Crippen molar-refractivity contribution in [3.63, 3.8) is 0 Å². The Kier molecular flexibility index (Phi) is 10.2. The molecule has 23 heavy (non-hydrogen) atoms. The first-order chi connectivity index (χ1) is 10.8. The van der Waals surface area contributed by atoms with Gasteiger partial charge in [0.05, 0.1) is 13.2 Å². The molecule has 0 amide bonds. The maximum absolute atomic E-state index is 5.43. The highest BCUT2D eigenvalue weighted by atomic mass is 127. The second-order valence-electron chi connectivity index (χ2n) is 5.44. The van der Waals surface area contributed by atoms with Crippen molar-refractivity contribution >= 4 is 29.9 Å². The van der Waals surface area contributed by atoms with Crippen LogP contribution in [0, 0.1) is 0 Å². The molecule has 130 valence electrons. The molecule has 2 N–H and O–H groups in total. The van der Waals surface area contributed by atoms with Crippen molar-refractivity contribution in [2.75, 3.05) is 47.1 Å². The zero-order valence-corrected chi connectivity index (χ0v) is 16.3. The van der Waals surface area contributed by atoms with Gasteiger partial charge in [0.1, 0.15) is 0 Å². The monoisotopic (exact) mass is 433 g/mol. The van der Waals surface area contributed by atoms with Crippen LogP contribution in [0.15, 0.2) is 29.3 Å². The summed E-state index contributed by atoms with van der Waals surface area (Å²) in [7, 11) is 3.49. The van der Waals surface area contributed by atoms with Gasteiger partial charge in [-0.1, -0.05) is 24.3 Å². The highest BCUT2D eigenvalue weighted by Gasteiger charge is 2.25. The zero-order chi connectivity index (χ0) is 15.6. The first kappa shape index (κ1) is 20.2. The standard InChI is InChI=1S/C17H27N3O2.HI/c1-18-17(19-8-5-9-22-11-10-21-2)20-13-15-12-14-6-3-4-7-16(14)15;/h3-4,6-7,15H,5,8-13H2,1-2H3,(H2,18,19,20);1H. The van der Waals surface area contributed by atoms with Gasteiger partial charge in [-0.3, -0.25) is 4.99 Å². The lowest BCUT2D eigenvalue weighted by Crippen LogP contribution is -2.41. The molecule has 1 atom stereocenters. The quantitative estimate of drug-likeness (QED) is 0.271. The first-order valence-corrected chi connectivity index (χ1v) is 7.94. The summed E-state index contributed by atoms with van der Waals surface area (Å²) in [6.45, 7) is 3.84. The molecule has 0 fully saturated rings. The number of hydrogen-bond donors (Lipinski definition) is 2. The maximum atomic E-state index is 5.43. The third kappa shape index (κ3) is 6.64. The van der Waals surface area contributed by atoms with Crippen LogP contribution >= 0.6 is 24.0 Å². The van der Waals surface area contributed by atoms with Gasteiger partial charge in [-0.15, -0.1) is 24.0 Å². The van der Waals surface area contributed by atoms with E-state index in [0.717, 1.165) is 38.5 Å². The van der Waals surface area contributed by atoms with Crippen LogP contribution in [0.1, 0.15) is 23.5 Å². The van der Waals surface area contributed by atoms with Gasteiger partial charge in [0.15, 0.2) is 5.96 Å². The predicted octanol–water partition coefficient (Wildman–Crippen LogP) is 2.16. The van der Waals surface area contributed by atoms with Crippen molar-refractivity contribution in [3.8, 4) is 0 Å². The molecular weight excluding hydrogens is 405 g/mol. The van der Waals surface area contributed by atoms with Crippen LogP contribution in [0.3, 0.4) is 0 Å². The molecule has 0 heterocycles. The van der Waals surface area contributed by atoms with Gasteiger partial charge in [-0.25, -0.2) is 0 Å². The van der Waals surface area contributed by atoms with E-state index in [-0.39, 0.29) is 24.0 Å². The highest BCUT2D eigenvalue weighted by Crippen LogP contribution is 2.33. The van der Waals surface area contributed by atoms with Crippen LogP contribution in [-0.4, -0.2) is 53.0 Å². The van der Waals surface area contributed by atoms with E-state index in [9.17, 15) is 0 Å². The van der Waals surface area contributed by atoms with Crippen molar-refractivity contribution in [2.45, 2.75) is 18.8 Å². The first-order valence-electron chi connectivity index (χ1n) is 7.94. The SMILES string of the molecule is CN=C(NCCCOCCOC)NCC1Cc2ccccc21.I. The molecule has 0 radical (unpaired) electrons. The third-order valence-electron chi connectivity index (χ3n) is 3.89. The molecule has 1 aromatic rings. The number of rotatable bonds is 9. The Morgan fingerprint density at radius 2 is 2.04 bits per heavy atom. The van der Waals surface area contributed by atoms with Gasteiger partial charge in [-0.05, 0) is 24.0 Å². The Balaban J connectivity index is 0.00000264. The van der Waals surface area contributed by atoms with Crippen LogP contribution in [0.25, 0.3) is 0 Å². The van der Waals surface area contributed by atoms with Crippen molar-refractivity contribution < 1.29 is 9.47 Å².